The molecule has 0 unspecified atom stereocenters. The lowest BCUT2D eigenvalue weighted by molar-refractivity contribution is -0.139. The summed E-state index contributed by atoms with van der Waals surface area (Å²) < 4.78 is 42.3. The highest BCUT2D eigenvalue weighted by Crippen LogP contribution is 1.91. The van der Waals surface area contributed by atoms with Crippen LogP contribution in [0.2, 0.25) is 0 Å². The molecule has 0 aliphatic rings. The van der Waals surface area contributed by atoms with Crippen LogP contribution in [0.1, 0.15) is 32.1 Å². The van der Waals surface area contributed by atoms with Crippen molar-refractivity contribution in [3.63, 3.8) is 0 Å². The van der Waals surface area contributed by atoms with Crippen molar-refractivity contribution in [2.75, 3.05) is 119 Å². The molecule has 0 fully saturated rings. The second-order valence-corrected chi connectivity index (χ2v) is 8.74. The number of carbonyl (C=O) groups excluding carboxylic acids is 2. The van der Waals surface area contributed by atoms with Crippen molar-refractivity contribution >= 4 is 23.8 Å². The van der Waals surface area contributed by atoms with Gasteiger partial charge >= 0.3 is 11.9 Å². The molecule has 0 aromatic carbocycles. The molecule has 0 radical (unpaired) electrons. The van der Waals surface area contributed by atoms with E-state index in [0.717, 1.165) is 0 Å². The number of carbonyl (C=O) groups is 4. The van der Waals surface area contributed by atoms with Gasteiger partial charge < -0.3 is 58.7 Å². The van der Waals surface area contributed by atoms with E-state index >= 15 is 0 Å². The molecule has 0 rings (SSSR count). The summed E-state index contributed by atoms with van der Waals surface area (Å²) in [4.78, 5) is 44.2. The van der Waals surface area contributed by atoms with Gasteiger partial charge in [-0.3, -0.25) is 19.2 Å². The molecule has 0 aromatic heterocycles. The van der Waals surface area contributed by atoms with Gasteiger partial charge in [0.05, 0.1) is 105 Å². The highest BCUT2D eigenvalue weighted by Gasteiger charge is 2.03. The number of ether oxygens (including phenoxy) is 8. The first-order valence-corrected chi connectivity index (χ1v) is 14.5. The normalized spacial score (nSPS) is 11.0. The standard InChI is InChI=1S/C27H50N2O14/c30-24(28-6-14-40-18-22-42-20-16-38-12-4-26(32)33)2-10-36-8-1-9-37-11-3-25(31)29-7-15-41-19-23-43-21-17-39-13-5-27(34)35/h1-23H2,(H,28,30)(H,29,31)(H,32,33)(H,34,35). The number of carboxylic acid groups (broad SMARTS) is 2. The zero-order valence-corrected chi connectivity index (χ0v) is 25.1. The van der Waals surface area contributed by atoms with Crippen LogP contribution in [-0.2, 0) is 57.1 Å². The van der Waals surface area contributed by atoms with E-state index in [2.05, 4.69) is 10.6 Å². The molecular weight excluding hydrogens is 576 g/mol. The van der Waals surface area contributed by atoms with Crippen molar-refractivity contribution in [3.05, 3.63) is 0 Å². The third kappa shape index (κ3) is 35.7. The topological polar surface area (TPSA) is 207 Å². The maximum atomic E-state index is 11.8. The Morgan fingerprint density at radius 3 is 1.00 bits per heavy atom. The fourth-order valence-corrected chi connectivity index (χ4v) is 2.90. The predicted molar refractivity (Wildman–Crippen MR) is 151 cm³/mol. The van der Waals surface area contributed by atoms with Crippen molar-refractivity contribution in [1.29, 1.82) is 0 Å². The summed E-state index contributed by atoms with van der Waals surface area (Å²) in [5.41, 5.74) is 0. The lowest BCUT2D eigenvalue weighted by Crippen LogP contribution is -2.28. The van der Waals surface area contributed by atoms with Gasteiger partial charge in [0.25, 0.3) is 0 Å². The summed E-state index contributed by atoms with van der Waals surface area (Å²) in [6.45, 7) is 6.22. The number of carboxylic acids is 2. The number of hydrogen-bond donors (Lipinski definition) is 4. The Balaban J connectivity index is 3.26. The van der Waals surface area contributed by atoms with E-state index in [-0.39, 0.29) is 50.7 Å². The lowest BCUT2D eigenvalue weighted by Gasteiger charge is -2.09. The molecule has 0 aliphatic carbocycles. The largest absolute Gasteiger partial charge is 0.481 e. The molecule has 0 aromatic rings. The smallest absolute Gasteiger partial charge is 0.305 e. The molecule has 43 heavy (non-hydrogen) atoms. The fraction of sp³-hybridized carbons (Fsp3) is 0.852. The van der Waals surface area contributed by atoms with Gasteiger partial charge in [0.2, 0.25) is 11.8 Å². The molecule has 16 heteroatoms. The number of amides is 2. The van der Waals surface area contributed by atoms with Crippen LogP contribution in [0.5, 0.6) is 0 Å². The van der Waals surface area contributed by atoms with Crippen LogP contribution in [0.3, 0.4) is 0 Å². The summed E-state index contributed by atoms with van der Waals surface area (Å²) in [6.07, 6.45) is 1.08. The summed E-state index contributed by atoms with van der Waals surface area (Å²) in [5.74, 6) is -2.05. The second kappa shape index (κ2) is 32.5. The monoisotopic (exact) mass is 626 g/mol. The Bertz CT molecular complexity index is 643. The minimum Gasteiger partial charge on any atom is -0.481 e. The van der Waals surface area contributed by atoms with Crippen LogP contribution in [0.25, 0.3) is 0 Å². The van der Waals surface area contributed by atoms with Crippen LogP contribution in [0.15, 0.2) is 0 Å². The second-order valence-electron chi connectivity index (χ2n) is 8.74. The molecule has 0 bridgehead atoms. The fourth-order valence-electron chi connectivity index (χ4n) is 2.90. The molecule has 0 spiro atoms. The first kappa shape index (κ1) is 40.6. The molecule has 2 amide bonds. The average Bonchev–Trinajstić information content (AvgIpc) is 2.97. The highest BCUT2D eigenvalue weighted by atomic mass is 16.6. The van der Waals surface area contributed by atoms with E-state index in [1.807, 2.05) is 0 Å². The number of nitrogens with one attached hydrogen (secondary N) is 2. The van der Waals surface area contributed by atoms with Crippen LogP contribution in [0, 0.1) is 0 Å². The molecular formula is C27H50N2O14. The van der Waals surface area contributed by atoms with Crippen molar-refractivity contribution < 1.29 is 67.3 Å². The van der Waals surface area contributed by atoms with Crippen molar-refractivity contribution in [1.82, 2.24) is 10.6 Å². The quantitative estimate of drug-likeness (QED) is 0.0663. The minimum absolute atomic E-state index is 0.0299. The third-order valence-corrected chi connectivity index (χ3v) is 5.07. The van der Waals surface area contributed by atoms with Crippen LogP contribution in [-0.4, -0.2) is 153 Å². The molecule has 4 N–H and O–H groups in total. The summed E-state index contributed by atoms with van der Waals surface area (Å²) in [7, 11) is 0. The number of rotatable bonds is 34. The van der Waals surface area contributed by atoms with Crippen molar-refractivity contribution in [3.8, 4) is 0 Å². The van der Waals surface area contributed by atoms with Gasteiger partial charge in [-0.1, -0.05) is 0 Å². The van der Waals surface area contributed by atoms with Crippen LogP contribution >= 0.6 is 0 Å². The Morgan fingerprint density at radius 2 is 0.651 bits per heavy atom. The summed E-state index contributed by atoms with van der Waals surface area (Å²) in [6, 6.07) is 0. The van der Waals surface area contributed by atoms with Gasteiger partial charge in [-0.2, -0.15) is 0 Å². The van der Waals surface area contributed by atoms with Gasteiger partial charge in [-0.25, -0.2) is 0 Å². The van der Waals surface area contributed by atoms with E-state index in [9.17, 15) is 19.2 Å². The first-order valence-electron chi connectivity index (χ1n) is 14.5. The molecule has 0 atom stereocenters. The molecule has 0 heterocycles. The van der Waals surface area contributed by atoms with E-state index in [0.29, 0.717) is 112 Å². The van der Waals surface area contributed by atoms with Crippen LogP contribution in [0.4, 0.5) is 0 Å². The zero-order valence-electron chi connectivity index (χ0n) is 25.1. The van der Waals surface area contributed by atoms with E-state index in [1.54, 1.807) is 0 Å². The van der Waals surface area contributed by atoms with Crippen molar-refractivity contribution in [2.24, 2.45) is 0 Å². The molecule has 16 nitrogen and oxygen atoms in total. The zero-order chi connectivity index (χ0) is 31.6. The van der Waals surface area contributed by atoms with Gasteiger partial charge in [-0.15, -0.1) is 0 Å². The SMILES string of the molecule is O=C(O)CCOCCOCCOCCNC(=O)CCOCCCOCCC(=O)NCCOCCOCCOCCC(=O)O. The maximum absolute atomic E-state index is 11.8. The molecule has 0 saturated carbocycles. The lowest BCUT2D eigenvalue weighted by atomic mass is 10.4. The predicted octanol–water partition coefficient (Wildman–Crippen LogP) is -0.529. The molecule has 252 valence electrons. The molecule has 0 saturated heterocycles. The Hall–Kier alpha value is -2.44. The average molecular weight is 627 g/mol. The van der Waals surface area contributed by atoms with Gasteiger partial charge in [0, 0.05) is 39.1 Å². The van der Waals surface area contributed by atoms with E-state index in [4.69, 9.17) is 48.1 Å². The van der Waals surface area contributed by atoms with Gasteiger partial charge in [-0.05, 0) is 6.42 Å². The van der Waals surface area contributed by atoms with Gasteiger partial charge in [0.15, 0.2) is 0 Å². The number of hydrogen-bond acceptors (Lipinski definition) is 12. The number of aliphatic carboxylic acids is 2. The Kier molecular flexibility index (Phi) is 30.6. The summed E-state index contributed by atoms with van der Waals surface area (Å²) >= 11 is 0. The highest BCUT2D eigenvalue weighted by molar-refractivity contribution is 5.76. The summed E-state index contributed by atoms with van der Waals surface area (Å²) in [5, 5.41) is 22.4. The van der Waals surface area contributed by atoms with Crippen LogP contribution < -0.4 is 10.6 Å². The Morgan fingerprint density at radius 1 is 0.372 bits per heavy atom. The van der Waals surface area contributed by atoms with Crippen molar-refractivity contribution in [2.45, 2.75) is 32.1 Å². The van der Waals surface area contributed by atoms with E-state index < -0.39 is 11.9 Å². The van der Waals surface area contributed by atoms with E-state index in [1.165, 1.54) is 0 Å². The maximum Gasteiger partial charge on any atom is 0.305 e. The first-order chi connectivity index (χ1) is 20.9. The third-order valence-electron chi connectivity index (χ3n) is 5.07. The minimum atomic E-state index is -0.898. The van der Waals surface area contributed by atoms with Gasteiger partial charge in [0.1, 0.15) is 0 Å². The molecule has 0 aliphatic heterocycles. The Labute approximate surface area is 252 Å².